The van der Waals surface area contributed by atoms with E-state index in [0.29, 0.717) is 22.7 Å². The van der Waals surface area contributed by atoms with Crippen molar-refractivity contribution in [2.75, 3.05) is 18.4 Å². The fourth-order valence-corrected chi connectivity index (χ4v) is 3.48. The molecule has 0 atom stereocenters. The molecule has 2 aromatic carbocycles. The van der Waals surface area contributed by atoms with Gasteiger partial charge in [0.05, 0.1) is 11.3 Å². The predicted octanol–water partition coefficient (Wildman–Crippen LogP) is 3.99. The second-order valence-corrected chi connectivity index (χ2v) is 7.71. The molecule has 6 heteroatoms. The first-order valence-electron chi connectivity index (χ1n) is 9.51. The molecule has 3 rings (SSSR count). The molecule has 1 heterocycles. The van der Waals surface area contributed by atoms with E-state index in [1.54, 1.807) is 24.3 Å². The zero-order valence-electron chi connectivity index (χ0n) is 16.2. The van der Waals surface area contributed by atoms with Crippen LogP contribution in [0.4, 0.5) is 5.69 Å². The molecule has 5 nitrogen and oxygen atoms in total. The van der Waals surface area contributed by atoms with Gasteiger partial charge in [0, 0.05) is 18.7 Å². The first-order valence-corrected chi connectivity index (χ1v) is 9.92. The molecule has 1 saturated heterocycles. The summed E-state index contributed by atoms with van der Waals surface area (Å²) in [5.41, 5.74) is 2.69. The number of para-hydroxylation sites is 1. The van der Waals surface area contributed by atoms with E-state index >= 15 is 0 Å². The summed E-state index contributed by atoms with van der Waals surface area (Å²) in [4.78, 5) is 27.2. The number of hydrogen-bond donors (Lipinski definition) is 2. The Balaban J connectivity index is 1.68. The summed E-state index contributed by atoms with van der Waals surface area (Å²) >= 11 is 5.30. The molecule has 0 unspecified atom stereocenters. The van der Waals surface area contributed by atoms with E-state index in [-0.39, 0.29) is 16.9 Å². The van der Waals surface area contributed by atoms with Crippen molar-refractivity contribution < 1.29 is 9.59 Å². The van der Waals surface area contributed by atoms with Gasteiger partial charge in [-0.15, -0.1) is 0 Å². The minimum Gasteiger partial charge on any atom is -0.339 e. The third kappa shape index (κ3) is 4.95. The lowest BCUT2D eigenvalue weighted by atomic mass is 9.98. The highest BCUT2D eigenvalue weighted by atomic mass is 32.1. The Bertz CT molecular complexity index is 889. The van der Waals surface area contributed by atoms with Crippen molar-refractivity contribution in [2.24, 2.45) is 5.92 Å². The molecule has 0 spiro atoms. The summed E-state index contributed by atoms with van der Waals surface area (Å²) in [6.45, 7) is 5.68. The van der Waals surface area contributed by atoms with Gasteiger partial charge in [-0.2, -0.15) is 0 Å². The molecule has 0 aliphatic carbocycles. The summed E-state index contributed by atoms with van der Waals surface area (Å²) in [5, 5.41) is 5.85. The molecular formula is C22H25N3O2S. The van der Waals surface area contributed by atoms with Gasteiger partial charge in [0.2, 0.25) is 0 Å². The van der Waals surface area contributed by atoms with Crippen LogP contribution in [0.1, 0.15) is 46.0 Å². The molecule has 28 heavy (non-hydrogen) atoms. The summed E-state index contributed by atoms with van der Waals surface area (Å²) < 4.78 is 0. The average molecular weight is 396 g/mol. The van der Waals surface area contributed by atoms with Crippen molar-refractivity contribution >= 4 is 34.8 Å². The topological polar surface area (TPSA) is 61.4 Å². The van der Waals surface area contributed by atoms with Crippen molar-refractivity contribution in [3.63, 3.8) is 0 Å². The summed E-state index contributed by atoms with van der Waals surface area (Å²) in [6.07, 6.45) is 2.04. The van der Waals surface area contributed by atoms with Crippen molar-refractivity contribution in [3.05, 3.63) is 65.2 Å². The quantitative estimate of drug-likeness (QED) is 0.772. The van der Waals surface area contributed by atoms with Crippen LogP contribution in [0, 0.1) is 12.8 Å². The molecule has 2 amide bonds. The van der Waals surface area contributed by atoms with Crippen LogP contribution >= 0.6 is 12.2 Å². The van der Waals surface area contributed by atoms with Crippen LogP contribution < -0.4 is 10.6 Å². The van der Waals surface area contributed by atoms with Gasteiger partial charge in [-0.1, -0.05) is 36.8 Å². The number of benzene rings is 2. The minimum absolute atomic E-state index is 0.0113. The lowest BCUT2D eigenvalue weighted by Gasteiger charge is -2.30. The zero-order valence-corrected chi connectivity index (χ0v) is 17.0. The third-order valence-corrected chi connectivity index (χ3v) is 5.19. The summed E-state index contributed by atoms with van der Waals surface area (Å²) in [6, 6.07) is 14.5. The Morgan fingerprint density at radius 3 is 2.50 bits per heavy atom. The van der Waals surface area contributed by atoms with Crippen molar-refractivity contribution in [1.29, 1.82) is 0 Å². The van der Waals surface area contributed by atoms with E-state index in [1.807, 2.05) is 36.1 Å². The fourth-order valence-electron chi connectivity index (χ4n) is 3.28. The molecule has 0 radical (unpaired) electrons. The Morgan fingerprint density at radius 1 is 1.07 bits per heavy atom. The average Bonchev–Trinajstić information content (AvgIpc) is 2.68. The van der Waals surface area contributed by atoms with Crippen LogP contribution in [0.3, 0.4) is 0 Å². The van der Waals surface area contributed by atoms with E-state index < -0.39 is 0 Å². The Morgan fingerprint density at radius 2 is 1.79 bits per heavy atom. The number of nitrogens with zero attached hydrogens (tertiary/aromatic N) is 1. The SMILES string of the molecule is Cc1cccc(C(=O)NC(=S)Nc2ccccc2C(=O)N2CCC(C)CC2)c1. The van der Waals surface area contributed by atoms with Crippen LogP contribution in [-0.4, -0.2) is 34.9 Å². The summed E-state index contributed by atoms with van der Waals surface area (Å²) in [5.74, 6) is 0.361. The molecule has 0 saturated carbocycles. The molecule has 1 aliphatic rings. The molecule has 1 aliphatic heterocycles. The van der Waals surface area contributed by atoms with E-state index in [2.05, 4.69) is 17.6 Å². The normalized spacial score (nSPS) is 14.4. The van der Waals surface area contributed by atoms with E-state index in [1.165, 1.54) is 0 Å². The van der Waals surface area contributed by atoms with Gasteiger partial charge in [-0.25, -0.2) is 0 Å². The lowest BCUT2D eigenvalue weighted by Crippen LogP contribution is -2.39. The highest BCUT2D eigenvalue weighted by molar-refractivity contribution is 7.80. The van der Waals surface area contributed by atoms with E-state index in [9.17, 15) is 9.59 Å². The standard InChI is InChI=1S/C22H25N3O2S/c1-15-10-12-25(13-11-15)21(27)18-8-3-4-9-19(18)23-22(28)24-20(26)17-7-5-6-16(2)14-17/h3-9,14-15H,10-13H2,1-2H3,(H2,23,24,26,28). The predicted molar refractivity (Wildman–Crippen MR) is 116 cm³/mol. The van der Waals surface area contributed by atoms with Crippen molar-refractivity contribution in [3.8, 4) is 0 Å². The van der Waals surface area contributed by atoms with Crippen LogP contribution in [-0.2, 0) is 0 Å². The van der Waals surface area contributed by atoms with Gasteiger partial charge in [0.25, 0.3) is 11.8 Å². The number of thiocarbonyl (C=S) groups is 1. The number of rotatable bonds is 3. The van der Waals surface area contributed by atoms with Crippen molar-refractivity contribution in [1.82, 2.24) is 10.2 Å². The second-order valence-electron chi connectivity index (χ2n) is 7.30. The number of anilines is 1. The number of hydrogen-bond acceptors (Lipinski definition) is 3. The Kier molecular flexibility index (Phi) is 6.41. The van der Waals surface area contributed by atoms with E-state index in [0.717, 1.165) is 31.5 Å². The first-order chi connectivity index (χ1) is 13.4. The van der Waals surface area contributed by atoms with Crippen LogP contribution in [0.2, 0.25) is 0 Å². The number of carbonyl (C=O) groups is 2. The van der Waals surface area contributed by atoms with Gasteiger partial charge < -0.3 is 10.2 Å². The van der Waals surface area contributed by atoms with E-state index in [4.69, 9.17) is 12.2 Å². The van der Waals surface area contributed by atoms with Crippen LogP contribution in [0.25, 0.3) is 0 Å². The number of amides is 2. The largest absolute Gasteiger partial charge is 0.339 e. The maximum absolute atomic E-state index is 12.9. The molecule has 2 N–H and O–H groups in total. The lowest BCUT2D eigenvalue weighted by molar-refractivity contribution is 0.0698. The number of likely N-dealkylation sites (tertiary alicyclic amines) is 1. The molecule has 2 aromatic rings. The zero-order chi connectivity index (χ0) is 20.1. The molecule has 1 fully saturated rings. The maximum Gasteiger partial charge on any atom is 0.257 e. The van der Waals surface area contributed by atoms with Gasteiger partial charge in [0.1, 0.15) is 0 Å². The third-order valence-electron chi connectivity index (χ3n) is 4.98. The minimum atomic E-state index is -0.282. The fraction of sp³-hybridized carbons (Fsp3) is 0.318. The molecule has 0 aromatic heterocycles. The highest BCUT2D eigenvalue weighted by Crippen LogP contribution is 2.22. The number of carbonyl (C=O) groups excluding carboxylic acids is 2. The Labute approximate surface area is 171 Å². The monoisotopic (exact) mass is 395 g/mol. The summed E-state index contributed by atoms with van der Waals surface area (Å²) in [7, 11) is 0. The van der Waals surface area contributed by atoms with Gasteiger partial charge in [-0.05, 0) is 62.2 Å². The second kappa shape index (κ2) is 8.97. The van der Waals surface area contributed by atoms with Crippen LogP contribution in [0.15, 0.2) is 48.5 Å². The number of aryl methyl sites for hydroxylation is 1. The van der Waals surface area contributed by atoms with Crippen LogP contribution in [0.5, 0.6) is 0 Å². The number of piperidine rings is 1. The highest BCUT2D eigenvalue weighted by Gasteiger charge is 2.23. The number of nitrogens with one attached hydrogen (secondary N) is 2. The maximum atomic E-state index is 12.9. The molecule has 146 valence electrons. The van der Waals surface area contributed by atoms with Gasteiger partial charge >= 0.3 is 0 Å². The molecular weight excluding hydrogens is 370 g/mol. The van der Waals surface area contributed by atoms with Crippen molar-refractivity contribution in [2.45, 2.75) is 26.7 Å². The van der Waals surface area contributed by atoms with Gasteiger partial charge in [0.15, 0.2) is 5.11 Å². The first kappa shape index (κ1) is 20.0. The molecule has 0 bridgehead atoms. The van der Waals surface area contributed by atoms with Gasteiger partial charge in [-0.3, -0.25) is 14.9 Å². The Hall–Kier alpha value is -2.73. The smallest absolute Gasteiger partial charge is 0.257 e.